The van der Waals surface area contributed by atoms with Crippen LogP contribution in [-0.4, -0.2) is 31.3 Å². The summed E-state index contributed by atoms with van der Waals surface area (Å²) in [6.45, 7) is 5.74. The molecule has 2 aliphatic carbocycles. The van der Waals surface area contributed by atoms with Crippen molar-refractivity contribution in [3.63, 3.8) is 0 Å². The molecule has 0 aliphatic heterocycles. The predicted molar refractivity (Wildman–Crippen MR) is 74.1 cm³/mol. The van der Waals surface area contributed by atoms with Crippen LogP contribution >= 0.6 is 0 Å². The van der Waals surface area contributed by atoms with Crippen LogP contribution in [0.3, 0.4) is 0 Å². The van der Waals surface area contributed by atoms with E-state index in [2.05, 4.69) is 5.32 Å². The summed E-state index contributed by atoms with van der Waals surface area (Å²) in [6.07, 6.45) is 2.83. The summed E-state index contributed by atoms with van der Waals surface area (Å²) in [7, 11) is 1.54. The van der Waals surface area contributed by atoms with Gasteiger partial charge in [-0.15, -0.1) is 0 Å². The van der Waals surface area contributed by atoms with E-state index in [0.717, 1.165) is 25.7 Å². The van der Waals surface area contributed by atoms with Crippen molar-refractivity contribution in [1.82, 2.24) is 5.32 Å². The summed E-state index contributed by atoms with van der Waals surface area (Å²) in [5.41, 5.74) is -0.487. The lowest BCUT2D eigenvalue weighted by Gasteiger charge is -2.32. The van der Waals surface area contributed by atoms with Crippen molar-refractivity contribution in [2.24, 2.45) is 17.3 Å². The lowest BCUT2D eigenvalue weighted by Crippen LogP contribution is -2.43. The average Bonchev–Trinajstić information content (AvgIpc) is 3.01. The Morgan fingerprint density at radius 1 is 1.15 bits per heavy atom. The van der Waals surface area contributed by atoms with Gasteiger partial charge < -0.3 is 14.8 Å². The van der Waals surface area contributed by atoms with Crippen molar-refractivity contribution >= 4 is 12.1 Å². The Morgan fingerprint density at radius 3 is 2.20 bits per heavy atom. The van der Waals surface area contributed by atoms with Crippen molar-refractivity contribution in [3.05, 3.63) is 0 Å². The molecular weight excluding hydrogens is 258 g/mol. The first kappa shape index (κ1) is 15.1. The number of amides is 1. The Morgan fingerprint density at radius 2 is 1.70 bits per heavy atom. The van der Waals surface area contributed by atoms with Gasteiger partial charge in [-0.2, -0.15) is 0 Å². The number of hydrogen-bond donors (Lipinski definition) is 1. The molecule has 4 unspecified atom stereocenters. The van der Waals surface area contributed by atoms with E-state index in [1.165, 1.54) is 7.05 Å². The minimum absolute atomic E-state index is 0.192. The highest BCUT2D eigenvalue weighted by molar-refractivity contribution is 5.76. The van der Waals surface area contributed by atoms with Gasteiger partial charge in [0.05, 0.1) is 5.41 Å². The fraction of sp³-hybridized carbons (Fsp3) is 0.867. The van der Waals surface area contributed by atoms with E-state index in [1.807, 2.05) is 20.8 Å². The molecule has 0 saturated heterocycles. The molecule has 2 rings (SSSR count). The molecule has 5 nitrogen and oxygen atoms in total. The molecule has 1 N–H and O–H groups in total. The van der Waals surface area contributed by atoms with Gasteiger partial charge in [0.1, 0.15) is 12.2 Å². The first-order valence-corrected chi connectivity index (χ1v) is 7.48. The molecule has 114 valence electrons. The van der Waals surface area contributed by atoms with Gasteiger partial charge in [-0.3, -0.25) is 4.79 Å². The zero-order valence-electron chi connectivity index (χ0n) is 12.8. The molecular formula is C15H25NO4. The number of fused-ring (bicyclic) bond motifs is 2. The van der Waals surface area contributed by atoms with Crippen LogP contribution in [-0.2, 0) is 14.3 Å². The van der Waals surface area contributed by atoms with Gasteiger partial charge in [-0.05, 0) is 39.5 Å². The normalized spacial score (nSPS) is 32.0. The summed E-state index contributed by atoms with van der Waals surface area (Å²) in [6, 6.07) is 0. The number of carbonyl (C=O) groups is 2. The van der Waals surface area contributed by atoms with Crippen LogP contribution in [0.25, 0.3) is 0 Å². The zero-order chi connectivity index (χ0) is 14.9. The Bertz CT molecular complexity index is 393. The third-order valence-electron chi connectivity index (χ3n) is 4.89. The van der Waals surface area contributed by atoms with Crippen molar-refractivity contribution < 1.29 is 19.1 Å². The van der Waals surface area contributed by atoms with Crippen LogP contribution in [0.2, 0.25) is 0 Å². The SMILES string of the molecule is CCC(C)(C)C(=O)OC1C2CCC(C2)C1OC(=O)NC. The van der Waals surface area contributed by atoms with E-state index in [4.69, 9.17) is 9.47 Å². The molecule has 0 aromatic carbocycles. The van der Waals surface area contributed by atoms with Crippen LogP contribution in [0.4, 0.5) is 4.79 Å². The quantitative estimate of drug-likeness (QED) is 0.805. The molecule has 0 radical (unpaired) electrons. The van der Waals surface area contributed by atoms with Gasteiger partial charge in [0.15, 0.2) is 0 Å². The molecule has 4 atom stereocenters. The second kappa shape index (κ2) is 5.62. The Labute approximate surface area is 120 Å². The first-order chi connectivity index (χ1) is 9.39. The second-order valence-electron chi connectivity index (χ2n) is 6.56. The van der Waals surface area contributed by atoms with Crippen molar-refractivity contribution in [2.75, 3.05) is 7.05 Å². The zero-order valence-corrected chi connectivity index (χ0v) is 12.8. The highest BCUT2D eigenvalue weighted by atomic mass is 16.6. The van der Waals surface area contributed by atoms with Gasteiger partial charge in [0, 0.05) is 18.9 Å². The Balaban J connectivity index is 2.04. The summed E-state index contributed by atoms with van der Waals surface area (Å²) in [4.78, 5) is 23.7. The molecule has 2 bridgehead atoms. The first-order valence-electron chi connectivity index (χ1n) is 7.48. The topological polar surface area (TPSA) is 64.6 Å². The minimum atomic E-state index is -0.487. The third-order valence-corrected chi connectivity index (χ3v) is 4.89. The Hall–Kier alpha value is -1.26. The molecule has 0 aromatic heterocycles. The number of nitrogens with one attached hydrogen (secondary N) is 1. The van der Waals surface area contributed by atoms with Crippen LogP contribution in [0.5, 0.6) is 0 Å². The lowest BCUT2D eigenvalue weighted by molar-refractivity contribution is -0.169. The average molecular weight is 283 g/mol. The highest BCUT2D eigenvalue weighted by Gasteiger charge is 2.52. The minimum Gasteiger partial charge on any atom is -0.458 e. The molecule has 5 heteroatoms. The van der Waals surface area contributed by atoms with E-state index >= 15 is 0 Å². The third kappa shape index (κ3) is 2.76. The number of carbonyl (C=O) groups excluding carboxylic acids is 2. The second-order valence-corrected chi connectivity index (χ2v) is 6.56. The molecule has 2 fully saturated rings. The van der Waals surface area contributed by atoms with Gasteiger partial charge in [-0.1, -0.05) is 6.92 Å². The number of alkyl carbamates (subject to hydrolysis) is 1. The van der Waals surface area contributed by atoms with Gasteiger partial charge in [-0.25, -0.2) is 4.79 Å². The van der Waals surface area contributed by atoms with E-state index in [9.17, 15) is 9.59 Å². The van der Waals surface area contributed by atoms with Gasteiger partial charge >= 0.3 is 12.1 Å². The summed E-state index contributed by atoms with van der Waals surface area (Å²) >= 11 is 0. The lowest BCUT2D eigenvalue weighted by atomic mass is 9.89. The van der Waals surface area contributed by atoms with E-state index in [1.54, 1.807) is 0 Å². The monoisotopic (exact) mass is 283 g/mol. The smallest absolute Gasteiger partial charge is 0.407 e. The van der Waals surface area contributed by atoms with Crippen molar-refractivity contribution in [1.29, 1.82) is 0 Å². The molecule has 2 aliphatic rings. The number of esters is 1. The highest BCUT2D eigenvalue weighted by Crippen LogP contribution is 2.48. The fourth-order valence-corrected chi connectivity index (χ4v) is 3.12. The van der Waals surface area contributed by atoms with E-state index in [0.29, 0.717) is 11.8 Å². The fourth-order valence-electron chi connectivity index (χ4n) is 3.12. The number of rotatable bonds is 4. The van der Waals surface area contributed by atoms with Crippen molar-refractivity contribution in [2.45, 2.75) is 58.7 Å². The van der Waals surface area contributed by atoms with Crippen LogP contribution in [0.1, 0.15) is 46.5 Å². The Kier molecular flexibility index (Phi) is 4.25. The maximum Gasteiger partial charge on any atom is 0.407 e. The predicted octanol–water partition coefficient (Wildman–Crippen LogP) is 2.49. The van der Waals surface area contributed by atoms with Gasteiger partial charge in [0.2, 0.25) is 0 Å². The molecule has 20 heavy (non-hydrogen) atoms. The summed E-state index contributed by atoms with van der Waals surface area (Å²) in [5.74, 6) is 0.481. The largest absolute Gasteiger partial charge is 0.458 e. The van der Waals surface area contributed by atoms with Crippen LogP contribution < -0.4 is 5.32 Å². The molecule has 0 heterocycles. The van der Waals surface area contributed by atoms with Crippen molar-refractivity contribution in [3.8, 4) is 0 Å². The van der Waals surface area contributed by atoms with Crippen LogP contribution in [0, 0.1) is 17.3 Å². The number of ether oxygens (including phenoxy) is 2. The molecule has 1 amide bonds. The van der Waals surface area contributed by atoms with E-state index < -0.39 is 11.5 Å². The maximum atomic E-state index is 12.3. The number of hydrogen-bond acceptors (Lipinski definition) is 4. The summed E-state index contributed by atoms with van der Waals surface area (Å²) in [5, 5.41) is 2.46. The molecule has 0 spiro atoms. The molecule has 2 saturated carbocycles. The molecule has 0 aromatic rings. The van der Waals surface area contributed by atoms with Crippen LogP contribution in [0.15, 0.2) is 0 Å². The van der Waals surface area contributed by atoms with E-state index in [-0.39, 0.29) is 18.2 Å². The standard InChI is InChI=1S/C15H25NO4/c1-5-15(2,3)13(17)19-11-9-6-7-10(8-9)12(11)20-14(18)16-4/h9-12H,5-8H2,1-4H3,(H,16,18). The summed E-state index contributed by atoms with van der Waals surface area (Å²) < 4.78 is 11.1. The maximum absolute atomic E-state index is 12.3. The van der Waals surface area contributed by atoms with Gasteiger partial charge in [0.25, 0.3) is 0 Å².